The fraction of sp³-hybridized carbons (Fsp3) is 0.600. The molecule has 22 heavy (non-hydrogen) atoms. The summed E-state index contributed by atoms with van der Waals surface area (Å²) in [5.74, 6) is 0. The first-order valence-corrected chi connectivity index (χ1v) is 6.83. The number of nitrogens with zero attached hydrogens (tertiary/aromatic N) is 4. The Morgan fingerprint density at radius 1 is 0.591 bits per heavy atom. The summed E-state index contributed by atoms with van der Waals surface area (Å²) in [5, 5.41) is 10.6. The van der Waals surface area contributed by atoms with Crippen LogP contribution < -0.4 is 21.3 Å². The van der Waals surface area contributed by atoms with Crippen molar-refractivity contribution in [2.24, 2.45) is 0 Å². The predicted octanol–water partition coefficient (Wildman–Crippen LogP) is -2.68. The summed E-state index contributed by atoms with van der Waals surface area (Å²) in [7, 11) is 0. The van der Waals surface area contributed by atoms with E-state index in [9.17, 15) is 19.2 Å². The molecule has 116 valence electrons. The zero-order chi connectivity index (χ0) is 15.2. The highest BCUT2D eigenvalue weighted by molar-refractivity contribution is 5.88. The Bertz CT molecular complexity index is 536. The Morgan fingerprint density at radius 2 is 0.864 bits per heavy atom. The predicted molar refractivity (Wildman–Crippen MR) is 66.4 cm³/mol. The van der Waals surface area contributed by atoms with Crippen molar-refractivity contribution in [1.29, 1.82) is 0 Å². The molecule has 5 saturated heterocycles. The van der Waals surface area contributed by atoms with Crippen LogP contribution in [0.15, 0.2) is 0 Å². The number of amides is 8. The Labute approximate surface area is 123 Å². The molecule has 5 aliphatic heterocycles. The molecule has 0 aliphatic carbocycles. The van der Waals surface area contributed by atoms with Gasteiger partial charge in [0.1, 0.15) is 25.7 Å². The van der Waals surface area contributed by atoms with Gasteiger partial charge in [-0.05, 0) is 0 Å². The molecule has 5 heterocycles. The maximum atomic E-state index is 12.1. The molecule has 0 unspecified atom stereocenters. The lowest BCUT2D eigenvalue weighted by Gasteiger charge is -2.40. The minimum Gasteiger partial charge on any atom is -0.314 e. The molecule has 0 atom stereocenters. The van der Waals surface area contributed by atoms with Crippen molar-refractivity contribution in [3.8, 4) is 0 Å². The van der Waals surface area contributed by atoms with Crippen LogP contribution in [0.3, 0.4) is 0 Å². The van der Waals surface area contributed by atoms with Gasteiger partial charge in [-0.1, -0.05) is 0 Å². The van der Waals surface area contributed by atoms with Crippen molar-refractivity contribution in [1.82, 2.24) is 40.9 Å². The maximum absolute atomic E-state index is 12.1. The normalized spacial score (nSPS) is 38.2. The Hall–Kier alpha value is -2.92. The van der Waals surface area contributed by atoms with E-state index in [1.54, 1.807) is 0 Å². The van der Waals surface area contributed by atoms with Crippen molar-refractivity contribution in [2.75, 3.05) is 13.3 Å². The van der Waals surface area contributed by atoms with Crippen molar-refractivity contribution in [3.63, 3.8) is 0 Å². The molecule has 0 radical (unpaired) electrons. The van der Waals surface area contributed by atoms with Gasteiger partial charge in [-0.15, -0.1) is 0 Å². The van der Waals surface area contributed by atoms with Gasteiger partial charge in [-0.25, -0.2) is 19.2 Å². The zero-order valence-corrected chi connectivity index (χ0v) is 11.1. The first kappa shape index (κ1) is 11.7. The summed E-state index contributed by atoms with van der Waals surface area (Å²) < 4.78 is 0. The number of carbonyl (C=O) groups excluding carboxylic acids is 4. The molecule has 0 spiro atoms. The van der Waals surface area contributed by atoms with Crippen LogP contribution in [-0.4, -0.2) is 81.7 Å². The highest BCUT2D eigenvalue weighted by atomic mass is 16.2. The fourth-order valence-corrected chi connectivity index (χ4v) is 3.69. The van der Waals surface area contributed by atoms with E-state index < -0.39 is 24.7 Å². The van der Waals surface area contributed by atoms with E-state index in [2.05, 4.69) is 21.3 Å². The van der Waals surface area contributed by atoms with Crippen LogP contribution in [0, 0.1) is 0 Å². The van der Waals surface area contributed by atoms with Gasteiger partial charge in [0.2, 0.25) is 0 Å². The van der Waals surface area contributed by atoms with Crippen LogP contribution >= 0.6 is 0 Å². The van der Waals surface area contributed by atoms with Crippen molar-refractivity contribution in [2.45, 2.75) is 24.7 Å². The lowest BCUT2D eigenvalue weighted by atomic mass is 10.3. The molecule has 12 heteroatoms. The minimum absolute atomic E-state index is 0.00306. The Kier molecular flexibility index (Phi) is 1.84. The summed E-state index contributed by atoms with van der Waals surface area (Å²) in [6.07, 6.45) is -2.24. The lowest BCUT2D eigenvalue weighted by molar-refractivity contribution is -0.0000204. The highest BCUT2D eigenvalue weighted by Gasteiger charge is 2.59. The Morgan fingerprint density at radius 3 is 1.14 bits per heavy atom. The first-order valence-electron chi connectivity index (χ1n) is 6.83. The van der Waals surface area contributed by atoms with Crippen LogP contribution in [0.4, 0.5) is 19.2 Å². The van der Waals surface area contributed by atoms with Gasteiger partial charge in [-0.2, -0.15) is 0 Å². The maximum Gasteiger partial charge on any atom is 0.322 e. The third kappa shape index (κ3) is 1.18. The van der Waals surface area contributed by atoms with Crippen LogP contribution in [0.25, 0.3) is 0 Å². The summed E-state index contributed by atoms with van der Waals surface area (Å²) in [4.78, 5) is 54.0. The molecule has 0 saturated carbocycles. The number of carbonyl (C=O) groups is 4. The smallest absolute Gasteiger partial charge is 0.314 e. The van der Waals surface area contributed by atoms with E-state index in [0.29, 0.717) is 0 Å². The number of hydrogen-bond acceptors (Lipinski definition) is 4. The van der Waals surface area contributed by atoms with Gasteiger partial charge >= 0.3 is 24.1 Å². The van der Waals surface area contributed by atoms with Crippen molar-refractivity contribution >= 4 is 24.1 Å². The van der Waals surface area contributed by atoms with Gasteiger partial charge in [0.15, 0.2) is 12.3 Å². The van der Waals surface area contributed by atoms with E-state index in [4.69, 9.17) is 0 Å². The molecular weight excluding hydrogens is 296 g/mol. The van der Waals surface area contributed by atoms with Crippen molar-refractivity contribution in [3.05, 3.63) is 0 Å². The summed E-state index contributed by atoms with van der Waals surface area (Å²) >= 11 is 0. The Balaban J connectivity index is 1.60. The van der Waals surface area contributed by atoms with Crippen LogP contribution in [0.5, 0.6) is 0 Å². The van der Waals surface area contributed by atoms with Gasteiger partial charge in [-0.3, -0.25) is 19.6 Å². The standard InChI is InChI=1S/C10H12N8O4/c19-7-11-3-5-15(7)1-16-6-4(12-8(16)20)14-10(22)18(6)2-17(5)9(21)13-3/h3-6H,1-2H2,(H,11,19)(H,12,20)(H,13,21)(H,14,22). The second-order valence-corrected chi connectivity index (χ2v) is 5.74. The molecule has 0 aromatic carbocycles. The summed E-state index contributed by atoms with van der Waals surface area (Å²) in [6, 6.07) is -1.44. The number of urea groups is 4. The first-order chi connectivity index (χ1) is 10.5. The summed E-state index contributed by atoms with van der Waals surface area (Å²) in [6.45, 7) is -0.00611. The van der Waals surface area contributed by atoms with E-state index in [0.717, 1.165) is 0 Å². The number of rotatable bonds is 0. The average molecular weight is 308 g/mol. The minimum atomic E-state index is -0.568. The monoisotopic (exact) mass is 308 g/mol. The second-order valence-electron chi connectivity index (χ2n) is 5.74. The molecule has 5 rings (SSSR count). The van der Waals surface area contributed by atoms with Crippen LogP contribution in [-0.2, 0) is 0 Å². The molecule has 0 bridgehead atoms. The zero-order valence-electron chi connectivity index (χ0n) is 11.1. The molecule has 0 aromatic rings. The lowest BCUT2D eigenvalue weighted by Crippen LogP contribution is -2.61. The molecule has 12 nitrogen and oxygen atoms in total. The summed E-state index contributed by atoms with van der Waals surface area (Å²) in [5.41, 5.74) is 0. The molecule has 0 aromatic heterocycles. The third-order valence-corrected chi connectivity index (χ3v) is 4.64. The topological polar surface area (TPSA) is 129 Å². The van der Waals surface area contributed by atoms with Crippen LogP contribution in [0.2, 0.25) is 0 Å². The van der Waals surface area contributed by atoms with E-state index >= 15 is 0 Å². The largest absolute Gasteiger partial charge is 0.322 e. The van der Waals surface area contributed by atoms with E-state index in [1.807, 2.05) is 0 Å². The fourth-order valence-electron chi connectivity index (χ4n) is 3.69. The van der Waals surface area contributed by atoms with Gasteiger partial charge in [0, 0.05) is 0 Å². The van der Waals surface area contributed by atoms with Crippen molar-refractivity contribution < 1.29 is 19.2 Å². The van der Waals surface area contributed by atoms with Gasteiger partial charge < -0.3 is 21.3 Å². The van der Waals surface area contributed by atoms with Crippen LogP contribution in [0.1, 0.15) is 0 Å². The highest BCUT2D eigenvalue weighted by Crippen LogP contribution is 2.31. The molecule has 5 aliphatic rings. The number of hydrogen-bond donors (Lipinski definition) is 4. The molecule has 5 fully saturated rings. The van der Waals surface area contributed by atoms with E-state index in [1.165, 1.54) is 19.6 Å². The SMILES string of the molecule is O=C1NC2NC(=O)N3CN4C(=O)NC5NC(=O)N(CN1C23)C54. The molecular formula is C10H12N8O4. The second kappa shape index (κ2) is 3.45. The average Bonchev–Trinajstić information content (AvgIpc) is 3.05. The molecule has 4 N–H and O–H groups in total. The quantitative estimate of drug-likeness (QED) is 0.388. The van der Waals surface area contributed by atoms with E-state index in [-0.39, 0.29) is 37.5 Å². The number of nitrogens with one attached hydrogen (secondary N) is 4. The van der Waals surface area contributed by atoms with Gasteiger partial charge in [0.05, 0.1) is 0 Å². The molecule has 8 amide bonds. The third-order valence-electron chi connectivity index (χ3n) is 4.64. The van der Waals surface area contributed by atoms with Gasteiger partial charge in [0.25, 0.3) is 0 Å².